The molecule has 0 unspecified atom stereocenters. The van der Waals surface area contributed by atoms with E-state index in [0.717, 1.165) is 12.4 Å². The lowest BCUT2D eigenvalue weighted by Gasteiger charge is -1.82. The Hall–Kier alpha value is -2.63. The van der Waals surface area contributed by atoms with E-state index in [9.17, 15) is 0 Å². The Kier molecular flexibility index (Phi) is 4.87. The first-order valence-electron chi connectivity index (χ1n) is 3.11. The van der Waals surface area contributed by atoms with Crippen molar-refractivity contribution in [3.63, 3.8) is 0 Å². The van der Waals surface area contributed by atoms with Gasteiger partial charge >= 0.3 is 0 Å². The molecule has 0 bridgehead atoms. The second-order valence-electron chi connectivity index (χ2n) is 1.80. The summed E-state index contributed by atoms with van der Waals surface area (Å²) in [6.07, 6.45) is 2.07. The van der Waals surface area contributed by atoms with Crippen molar-refractivity contribution in [3.8, 4) is 24.3 Å². The minimum atomic E-state index is -0.949. The Bertz CT molecular complexity index is 360. The van der Waals surface area contributed by atoms with Gasteiger partial charge in [-0.3, -0.25) is 4.99 Å². The van der Waals surface area contributed by atoms with Crippen LogP contribution in [0.15, 0.2) is 16.8 Å². The van der Waals surface area contributed by atoms with Crippen molar-refractivity contribution in [2.75, 3.05) is 0 Å². The van der Waals surface area contributed by atoms with E-state index in [4.69, 9.17) is 21.0 Å². The topological polar surface area (TPSA) is 108 Å². The molecule has 0 heterocycles. The van der Waals surface area contributed by atoms with Gasteiger partial charge < -0.3 is 0 Å². The van der Waals surface area contributed by atoms with E-state index in [2.05, 4.69) is 4.99 Å². The molecule has 0 saturated heterocycles. The zero-order valence-corrected chi connectivity index (χ0v) is 6.47. The van der Waals surface area contributed by atoms with Gasteiger partial charge in [-0.2, -0.15) is 21.0 Å². The van der Waals surface area contributed by atoms with Crippen LogP contribution in [0, 0.1) is 51.2 Å². The highest BCUT2D eigenvalue weighted by molar-refractivity contribution is 5.68. The maximum absolute atomic E-state index is 8.29. The van der Waals surface area contributed by atoms with Crippen molar-refractivity contribution >= 4 is 6.21 Å². The predicted octanol–water partition coefficient (Wildman–Crippen LogP) is 0.652. The summed E-state index contributed by atoms with van der Waals surface area (Å²) in [6.45, 7) is 0. The molecule has 0 aromatic carbocycles. The van der Waals surface area contributed by atoms with E-state index in [1.54, 1.807) is 24.3 Å². The van der Waals surface area contributed by atoms with Crippen LogP contribution in [0.5, 0.6) is 0 Å². The summed E-state index contributed by atoms with van der Waals surface area (Å²) in [5, 5.41) is 33.1. The van der Waals surface area contributed by atoms with Gasteiger partial charge in [-0.1, -0.05) is 0 Å². The highest BCUT2D eigenvalue weighted by Crippen LogP contribution is 1.91. The van der Waals surface area contributed by atoms with E-state index in [1.165, 1.54) is 0 Å². The van der Waals surface area contributed by atoms with Gasteiger partial charge in [0.1, 0.15) is 17.7 Å². The fourth-order valence-corrected chi connectivity index (χ4v) is 0.382. The summed E-state index contributed by atoms with van der Waals surface area (Å²) in [6, 6.07) is 6.48. The summed E-state index contributed by atoms with van der Waals surface area (Å²) in [5.74, 6) is -0.949. The monoisotopic (exact) mass is 169 g/mol. The Morgan fingerprint density at radius 2 is 1.62 bits per heavy atom. The lowest BCUT2D eigenvalue weighted by molar-refractivity contribution is 1.17. The predicted molar refractivity (Wildman–Crippen MR) is 42.5 cm³/mol. The Balaban J connectivity index is 4.45. The molecular formula is C8H3N5. The second-order valence-corrected chi connectivity index (χ2v) is 1.80. The van der Waals surface area contributed by atoms with E-state index < -0.39 is 5.92 Å². The van der Waals surface area contributed by atoms with Crippen molar-refractivity contribution in [1.82, 2.24) is 0 Å². The summed E-state index contributed by atoms with van der Waals surface area (Å²) >= 11 is 0. The van der Waals surface area contributed by atoms with Crippen molar-refractivity contribution in [1.29, 1.82) is 21.0 Å². The van der Waals surface area contributed by atoms with Crippen molar-refractivity contribution in [2.45, 2.75) is 0 Å². The van der Waals surface area contributed by atoms with Gasteiger partial charge in [-0.05, 0) is 0 Å². The zero-order valence-electron chi connectivity index (χ0n) is 6.47. The summed E-state index contributed by atoms with van der Waals surface area (Å²) in [5.41, 5.74) is -0.175. The molecule has 0 rings (SSSR count). The molecule has 5 heteroatoms. The smallest absolute Gasteiger partial charge is 0.168 e. The molecular weight excluding hydrogens is 166 g/mol. The van der Waals surface area contributed by atoms with Gasteiger partial charge in [0, 0.05) is 6.21 Å². The van der Waals surface area contributed by atoms with Gasteiger partial charge in [-0.25, -0.2) is 0 Å². The van der Waals surface area contributed by atoms with Crippen molar-refractivity contribution in [2.24, 2.45) is 10.9 Å². The number of rotatable bonds is 2. The Morgan fingerprint density at radius 1 is 1.08 bits per heavy atom. The largest absolute Gasteiger partial charge is 0.264 e. The average Bonchev–Trinajstić information content (AvgIpc) is 2.19. The second kappa shape index (κ2) is 6.10. The van der Waals surface area contributed by atoms with E-state index in [0.29, 0.717) is 0 Å². The third-order valence-corrected chi connectivity index (χ3v) is 0.958. The molecule has 0 aromatic rings. The molecule has 0 spiro atoms. The molecule has 0 N–H and O–H groups in total. The molecule has 0 fully saturated rings. The van der Waals surface area contributed by atoms with E-state index in [1.807, 2.05) is 0 Å². The van der Waals surface area contributed by atoms with Gasteiger partial charge in [0.05, 0.1) is 18.3 Å². The van der Waals surface area contributed by atoms with Crippen LogP contribution in [0.3, 0.4) is 0 Å². The standard InChI is InChI=1S/C8H3N5/c9-1-7(2-10)5-13-6-8(3-11)4-12/h5-7H. The SMILES string of the molecule is N#CC(C#N)=CN=CC(C#N)C#N. The number of aliphatic imine (C=N–C) groups is 1. The quantitative estimate of drug-likeness (QED) is 0.446. The van der Waals surface area contributed by atoms with Gasteiger partial charge in [-0.15, -0.1) is 0 Å². The van der Waals surface area contributed by atoms with Crippen LogP contribution < -0.4 is 0 Å². The van der Waals surface area contributed by atoms with Crippen LogP contribution in [0.2, 0.25) is 0 Å². The van der Waals surface area contributed by atoms with Crippen LogP contribution in [-0.2, 0) is 0 Å². The third-order valence-electron chi connectivity index (χ3n) is 0.958. The van der Waals surface area contributed by atoms with Gasteiger partial charge in [0.2, 0.25) is 0 Å². The molecule has 0 saturated carbocycles. The molecule has 0 radical (unpaired) electrons. The Morgan fingerprint density at radius 3 is 2.00 bits per heavy atom. The van der Waals surface area contributed by atoms with Crippen LogP contribution in [0.4, 0.5) is 0 Å². The van der Waals surface area contributed by atoms with E-state index >= 15 is 0 Å². The number of nitrogens with zero attached hydrogens (tertiary/aromatic N) is 5. The molecule has 5 nitrogen and oxygen atoms in total. The highest BCUT2D eigenvalue weighted by atomic mass is 14.7. The number of allylic oxidation sites excluding steroid dienone is 1. The normalized spacial score (nSPS) is 8.08. The summed E-state index contributed by atoms with van der Waals surface area (Å²) < 4.78 is 0. The first kappa shape index (κ1) is 10.4. The van der Waals surface area contributed by atoms with Gasteiger partial charge in [0.15, 0.2) is 5.92 Å². The van der Waals surface area contributed by atoms with Crippen LogP contribution >= 0.6 is 0 Å². The van der Waals surface area contributed by atoms with Crippen molar-refractivity contribution < 1.29 is 0 Å². The summed E-state index contributed by atoms with van der Waals surface area (Å²) in [4.78, 5) is 3.48. The van der Waals surface area contributed by atoms with Crippen LogP contribution in [-0.4, -0.2) is 6.21 Å². The van der Waals surface area contributed by atoms with Crippen LogP contribution in [0.1, 0.15) is 0 Å². The summed E-state index contributed by atoms with van der Waals surface area (Å²) in [7, 11) is 0. The molecule has 0 aliphatic rings. The Labute approximate surface area is 75.1 Å². The number of nitriles is 4. The lowest BCUT2D eigenvalue weighted by Crippen LogP contribution is -1.92. The van der Waals surface area contributed by atoms with Crippen LogP contribution in [0.25, 0.3) is 0 Å². The van der Waals surface area contributed by atoms with Crippen molar-refractivity contribution in [3.05, 3.63) is 11.8 Å². The maximum Gasteiger partial charge on any atom is 0.168 e. The molecule has 0 atom stereocenters. The third kappa shape index (κ3) is 3.94. The molecule has 0 amide bonds. The molecule has 0 aliphatic heterocycles. The van der Waals surface area contributed by atoms with E-state index in [-0.39, 0.29) is 5.57 Å². The highest BCUT2D eigenvalue weighted by Gasteiger charge is 1.97. The molecule has 13 heavy (non-hydrogen) atoms. The fourth-order valence-electron chi connectivity index (χ4n) is 0.382. The average molecular weight is 169 g/mol. The van der Waals surface area contributed by atoms with Gasteiger partial charge in [0.25, 0.3) is 0 Å². The lowest BCUT2D eigenvalue weighted by atomic mass is 10.2. The molecule has 0 aliphatic carbocycles. The minimum absolute atomic E-state index is 0.175. The minimum Gasteiger partial charge on any atom is -0.264 e. The first-order chi connectivity index (χ1) is 6.28. The zero-order chi connectivity index (χ0) is 10.1. The number of hydrogen-bond donors (Lipinski definition) is 0. The number of hydrogen-bond acceptors (Lipinski definition) is 5. The fraction of sp³-hybridized carbons (Fsp3) is 0.125. The first-order valence-corrected chi connectivity index (χ1v) is 3.11. The molecule has 60 valence electrons. The maximum atomic E-state index is 8.29. The molecule has 0 aromatic heterocycles.